The molecule has 3 heteroatoms. The van der Waals surface area contributed by atoms with Crippen molar-refractivity contribution < 1.29 is 18.0 Å². The number of fused-ring (bicyclic) bond motifs is 3. The van der Waals surface area contributed by atoms with E-state index in [2.05, 4.69) is 148 Å². The van der Waals surface area contributed by atoms with Crippen molar-refractivity contribution in [2.75, 3.05) is 0 Å². The quantitative estimate of drug-likeness (QED) is 0.217. The number of benzene rings is 3. The zero-order chi connectivity index (χ0) is 33.3. The molecule has 3 aliphatic carbocycles. The van der Waals surface area contributed by atoms with E-state index in [0.717, 1.165) is 0 Å². The molecule has 0 bridgehead atoms. The summed E-state index contributed by atoms with van der Waals surface area (Å²) in [5.41, 5.74) is 12.2. The second-order valence-electron chi connectivity index (χ2n) is 18.1. The van der Waals surface area contributed by atoms with Crippen LogP contribution in [-0.4, -0.2) is 4.26 Å². The minimum absolute atomic E-state index is 0. The Balaban J connectivity index is 0.00000260. The van der Waals surface area contributed by atoms with Crippen molar-refractivity contribution in [2.45, 2.75) is 135 Å². The van der Waals surface area contributed by atoms with Gasteiger partial charge in [-0.25, -0.2) is 0 Å². The molecule has 48 heavy (non-hydrogen) atoms. The van der Waals surface area contributed by atoms with Gasteiger partial charge in [0.1, 0.15) is 0 Å². The summed E-state index contributed by atoms with van der Waals surface area (Å²) in [6.07, 6.45) is 16.6. The predicted molar refractivity (Wildman–Crippen MR) is 216 cm³/mol. The average Bonchev–Trinajstić information content (AvgIpc) is 3.67. The van der Waals surface area contributed by atoms with E-state index >= 15 is 0 Å². The van der Waals surface area contributed by atoms with Gasteiger partial charge in [0.25, 0.3) is 0 Å². The van der Waals surface area contributed by atoms with E-state index in [4.69, 9.17) is 4.26 Å². The Kier molecular flexibility index (Phi) is 11.4. The van der Waals surface area contributed by atoms with E-state index in [-0.39, 0.29) is 35.6 Å². The zero-order valence-electron chi connectivity index (χ0n) is 31.5. The molecule has 0 nitrogen and oxygen atoms in total. The molecule has 6 rings (SSSR count). The van der Waals surface area contributed by atoms with Gasteiger partial charge in [0.15, 0.2) is 0 Å². The first-order valence-electron chi connectivity index (χ1n) is 18.4. The fourth-order valence-electron chi connectivity index (χ4n) is 9.59. The molecule has 3 aromatic carbocycles. The summed E-state index contributed by atoms with van der Waals surface area (Å²) >= 11 is -4.77. The van der Waals surface area contributed by atoms with Gasteiger partial charge in [0.2, 0.25) is 0 Å². The summed E-state index contributed by atoms with van der Waals surface area (Å²) in [7, 11) is 0. The van der Waals surface area contributed by atoms with Crippen LogP contribution in [0.5, 0.6) is 0 Å². The van der Waals surface area contributed by atoms with Crippen molar-refractivity contribution in [2.24, 2.45) is 0 Å². The van der Waals surface area contributed by atoms with E-state index in [1.807, 2.05) is 0 Å². The van der Waals surface area contributed by atoms with Gasteiger partial charge in [0, 0.05) is 0 Å². The van der Waals surface area contributed by atoms with Crippen LogP contribution in [0.25, 0.3) is 11.1 Å². The Morgan fingerprint density at radius 3 is 1.46 bits per heavy atom. The SMILES string of the molecule is Cl.Cl.[CH2]=[Hf]([c]1cc(C(C)C)cc(C(C)C)c1)([CH]1C=CC=C1)([CH]1CCCCC1)[CH]1c2cc(C(C)(C)C)ccc2-c2ccc(C(C)(C)C)cc21. The summed E-state index contributed by atoms with van der Waals surface area (Å²) in [5, 5.41) is 0. The van der Waals surface area contributed by atoms with E-state index < -0.39 is 18.0 Å². The Bertz CT molecular complexity index is 1670. The van der Waals surface area contributed by atoms with Gasteiger partial charge in [-0.2, -0.15) is 0 Å². The number of allylic oxidation sites excluding steroid dienone is 4. The topological polar surface area (TPSA) is 0 Å². The summed E-state index contributed by atoms with van der Waals surface area (Å²) in [6.45, 7) is 23.8. The predicted octanol–water partition coefficient (Wildman–Crippen LogP) is 13.6. The summed E-state index contributed by atoms with van der Waals surface area (Å²) < 4.78 is 9.14. The van der Waals surface area contributed by atoms with Gasteiger partial charge in [-0.15, -0.1) is 24.8 Å². The molecule has 0 spiro atoms. The van der Waals surface area contributed by atoms with Crippen LogP contribution >= 0.6 is 24.8 Å². The molecule has 3 aliphatic rings. The van der Waals surface area contributed by atoms with Gasteiger partial charge in [0.05, 0.1) is 0 Å². The van der Waals surface area contributed by atoms with Crippen molar-refractivity contribution in [3.8, 4) is 11.1 Å². The summed E-state index contributed by atoms with van der Waals surface area (Å²) in [5.74, 6) is 0.964. The molecular weight excluding hydrogens is 790 g/mol. The molecule has 0 amide bonds. The normalized spacial score (nSPS) is 17.4. The molecule has 260 valence electrons. The molecule has 0 aliphatic heterocycles. The van der Waals surface area contributed by atoms with Crippen LogP contribution in [0.4, 0.5) is 0 Å². The van der Waals surface area contributed by atoms with Crippen LogP contribution in [0.2, 0.25) is 7.35 Å². The van der Waals surface area contributed by atoms with E-state index in [9.17, 15) is 0 Å². The minimum atomic E-state index is -4.77. The van der Waals surface area contributed by atoms with Crippen LogP contribution in [0, 0.1) is 0 Å². The molecule has 0 unspecified atom stereocenters. The first-order valence-corrected chi connectivity index (χ1v) is 28.9. The van der Waals surface area contributed by atoms with Crippen LogP contribution in [0.1, 0.15) is 150 Å². The zero-order valence-corrected chi connectivity index (χ0v) is 36.7. The van der Waals surface area contributed by atoms with Crippen LogP contribution in [0.3, 0.4) is 0 Å². The molecular formula is C45H62Cl2Hf. The second kappa shape index (κ2) is 13.9. The van der Waals surface area contributed by atoms with E-state index in [1.54, 1.807) is 14.4 Å². The van der Waals surface area contributed by atoms with Crippen molar-refractivity contribution >= 4 is 32.4 Å². The summed E-state index contributed by atoms with van der Waals surface area (Å²) in [6, 6.07) is 23.0. The van der Waals surface area contributed by atoms with Crippen molar-refractivity contribution in [1.29, 1.82) is 0 Å². The standard InChI is InChI=1S/C21H25.C12H17.C6H11.C5H5.CH2.2ClH.Hf/c1-20(2,3)16-7-9-18-14(12-16)11-15-13-17(21(4,5)6)8-10-19(15)18;1-9(2)11-6-5-7-12(8-11)10(3)4;1-2-4-6-5-3-1;1-2-4-5-3-1;;;;/h7-13H,1-6H3;6-10H,1-4H3;1H,2-6H2;1-5H;1H2;2*1H;. The molecule has 0 radical (unpaired) electrons. The number of hydrogen-bond donors (Lipinski definition) is 0. The third-order valence-electron chi connectivity index (χ3n) is 12.5. The third-order valence-corrected chi connectivity index (χ3v) is 41.8. The molecule has 1 saturated carbocycles. The molecule has 0 aromatic heterocycles. The molecule has 0 N–H and O–H groups in total. The Morgan fingerprint density at radius 2 is 1.06 bits per heavy atom. The van der Waals surface area contributed by atoms with E-state index in [1.165, 1.54) is 65.5 Å². The van der Waals surface area contributed by atoms with Gasteiger partial charge in [-0.1, -0.05) is 0 Å². The number of halogens is 2. The molecule has 1 fully saturated rings. The van der Waals surface area contributed by atoms with Crippen molar-refractivity contribution in [3.63, 3.8) is 0 Å². The Morgan fingerprint density at radius 1 is 0.625 bits per heavy atom. The van der Waals surface area contributed by atoms with Crippen LogP contribution < -0.4 is 3.32 Å². The van der Waals surface area contributed by atoms with Crippen molar-refractivity contribution in [3.05, 3.63) is 112 Å². The van der Waals surface area contributed by atoms with E-state index in [0.29, 0.717) is 22.9 Å². The van der Waals surface area contributed by atoms with Gasteiger partial charge in [-0.3, -0.25) is 0 Å². The Labute approximate surface area is 306 Å². The van der Waals surface area contributed by atoms with Gasteiger partial charge in [-0.05, 0) is 0 Å². The first kappa shape index (κ1) is 39.2. The fraction of sp³-hybridized carbons (Fsp3) is 0.489. The van der Waals surface area contributed by atoms with Crippen molar-refractivity contribution in [1.82, 2.24) is 0 Å². The monoisotopic (exact) mass is 852 g/mol. The van der Waals surface area contributed by atoms with Gasteiger partial charge < -0.3 is 0 Å². The maximum absolute atomic E-state index is 6.06. The first-order chi connectivity index (χ1) is 21.5. The average molecular weight is 852 g/mol. The van der Waals surface area contributed by atoms with Crippen LogP contribution in [0.15, 0.2) is 78.9 Å². The third kappa shape index (κ3) is 6.30. The van der Waals surface area contributed by atoms with Gasteiger partial charge >= 0.3 is 284 Å². The second-order valence-corrected chi connectivity index (χ2v) is 39.9. The number of hydrogen-bond acceptors (Lipinski definition) is 0. The number of rotatable bonds is 6. The Hall–Kier alpha value is -1.54. The molecule has 3 aromatic rings. The fourth-order valence-corrected chi connectivity index (χ4v) is 40.0. The van der Waals surface area contributed by atoms with Crippen LogP contribution in [-0.2, 0) is 28.8 Å². The maximum atomic E-state index is 6.06. The molecule has 0 saturated heterocycles. The molecule has 0 heterocycles. The molecule has 0 atom stereocenters. The summed E-state index contributed by atoms with van der Waals surface area (Å²) in [4.78, 5) is 0.